The summed E-state index contributed by atoms with van der Waals surface area (Å²) in [6.07, 6.45) is 0. The van der Waals surface area contributed by atoms with Gasteiger partial charge in [0.1, 0.15) is 13.2 Å². The molecule has 2 aromatic rings. The van der Waals surface area contributed by atoms with Crippen molar-refractivity contribution in [3.05, 3.63) is 53.6 Å². The Labute approximate surface area is 172 Å². The SMILES string of the molecule is Cc1ccccc1CN1CCN([C@H](C)C(=O)Nc2ccc3c(c2)OCCO3)CC1. The van der Waals surface area contributed by atoms with E-state index in [2.05, 4.69) is 46.3 Å². The van der Waals surface area contributed by atoms with E-state index >= 15 is 0 Å². The predicted octanol–water partition coefficient (Wildman–Crippen LogP) is 2.91. The molecule has 6 nitrogen and oxygen atoms in total. The quantitative estimate of drug-likeness (QED) is 0.844. The zero-order valence-electron chi connectivity index (χ0n) is 17.2. The summed E-state index contributed by atoms with van der Waals surface area (Å²) in [5.41, 5.74) is 3.46. The second-order valence-electron chi connectivity index (χ2n) is 7.76. The topological polar surface area (TPSA) is 54.0 Å². The minimum absolute atomic E-state index is 0.00836. The number of aryl methyl sites for hydroxylation is 1. The Kier molecular flexibility index (Phi) is 6.02. The van der Waals surface area contributed by atoms with Crippen molar-refractivity contribution in [2.75, 3.05) is 44.7 Å². The Balaban J connectivity index is 1.29. The molecule has 1 amide bonds. The van der Waals surface area contributed by atoms with Crippen LogP contribution >= 0.6 is 0 Å². The number of fused-ring (bicyclic) bond motifs is 1. The third kappa shape index (κ3) is 4.71. The molecule has 0 spiro atoms. The molecular formula is C23H29N3O3. The first-order chi connectivity index (χ1) is 14.1. The van der Waals surface area contributed by atoms with Crippen LogP contribution in [0.4, 0.5) is 5.69 Å². The Morgan fingerprint density at radius 3 is 2.52 bits per heavy atom. The minimum Gasteiger partial charge on any atom is -0.486 e. The maximum Gasteiger partial charge on any atom is 0.241 e. The van der Waals surface area contributed by atoms with Gasteiger partial charge in [-0.3, -0.25) is 14.6 Å². The summed E-state index contributed by atoms with van der Waals surface area (Å²) in [5.74, 6) is 1.42. The molecule has 1 fully saturated rings. The van der Waals surface area contributed by atoms with E-state index in [0.29, 0.717) is 19.0 Å². The van der Waals surface area contributed by atoms with Gasteiger partial charge in [-0.25, -0.2) is 0 Å². The molecular weight excluding hydrogens is 366 g/mol. The number of piperazine rings is 1. The van der Waals surface area contributed by atoms with Crippen LogP contribution in [0.1, 0.15) is 18.1 Å². The summed E-state index contributed by atoms with van der Waals surface area (Å²) in [5, 5.41) is 3.02. The number of anilines is 1. The van der Waals surface area contributed by atoms with Crippen LogP contribution in [0.5, 0.6) is 11.5 Å². The Morgan fingerprint density at radius 1 is 1.03 bits per heavy atom. The number of nitrogens with one attached hydrogen (secondary N) is 1. The van der Waals surface area contributed by atoms with Crippen LogP contribution in [0.25, 0.3) is 0 Å². The molecule has 2 heterocycles. The van der Waals surface area contributed by atoms with E-state index in [1.807, 2.05) is 25.1 Å². The zero-order chi connectivity index (χ0) is 20.2. The molecule has 4 rings (SSSR count). The third-order valence-corrected chi connectivity index (χ3v) is 5.80. The van der Waals surface area contributed by atoms with E-state index < -0.39 is 0 Å². The molecule has 29 heavy (non-hydrogen) atoms. The van der Waals surface area contributed by atoms with Crippen LogP contribution in [0, 0.1) is 6.92 Å². The van der Waals surface area contributed by atoms with Crippen LogP contribution < -0.4 is 14.8 Å². The van der Waals surface area contributed by atoms with Gasteiger partial charge >= 0.3 is 0 Å². The summed E-state index contributed by atoms with van der Waals surface area (Å²) in [7, 11) is 0. The van der Waals surface area contributed by atoms with Crippen LogP contribution in [0.15, 0.2) is 42.5 Å². The van der Waals surface area contributed by atoms with Crippen molar-refractivity contribution in [2.24, 2.45) is 0 Å². The largest absolute Gasteiger partial charge is 0.486 e. The van der Waals surface area contributed by atoms with Gasteiger partial charge in [0.15, 0.2) is 11.5 Å². The van der Waals surface area contributed by atoms with Crippen molar-refractivity contribution in [3.8, 4) is 11.5 Å². The molecule has 0 unspecified atom stereocenters. The molecule has 154 valence electrons. The Hall–Kier alpha value is -2.57. The van der Waals surface area contributed by atoms with E-state index in [0.717, 1.165) is 44.2 Å². The summed E-state index contributed by atoms with van der Waals surface area (Å²) in [6, 6.07) is 13.9. The molecule has 2 aromatic carbocycles. The molecule has 2 aliphatic heterocycles. The summed E-state index contributed by atoms with van der Waals surface area (Å²) < 4.78 is 11.1. The fourth-order valence-electron chi connectivity index (χ4n) is 3.87. The normalized spacial score (nSPS) is 18.3. The summed E-state index contributed by atoms with van der Waals surface area (Å²) in [6.45, 7) is 9.92. The number of amides is 1. The van der Waals surface area contributed by atoms with E-state index in [1.165, 1.54) is 11.1 Å². The number of hydrogen-bond acceptors (Lipinski definition) is 5. The fourth-order valence-corrected chi connectivity index (χ4v) is 3.87. The first kappa shape index (κ1) is 19.7. The smallest absolute Gasteiger partial charge is 0.241 e. The van der Waals surface area contributed by atoms with Gasteiger partial charge in [0.05, 0.1) is 6.04 Å². The third-order valence-electron chi connectivity index (χ3n) is 5.80. The van der Waals surface area contributed by atoms with Gasteiger partial charge in [0, 0.05) is 44.5 Å². The highest BCUT2D eigenvalue weighted by Gasteiger charge is 2.26. The number of nitrogens with zero attached hydrogens (tertiary/aromatic N) is 2. The van der Waals surface area contributed by atoms with Gasteiger partial charge in [-0.05, 0) is 37.1 Å². The average molecular weight is 396 g/mol. The first-order valence-electron chi connectivity index (χ1n) is 10.3. The maximum atomic E-state index is 12.8. The minimum atomic E-state index is -0.177. The molecule has 1 N–H and O–H groups in total. The molecule has 0 bridgehead atoms. The standard InChI is InChI=1S/C23H29N3O3/c1-17-5-3-4-6-19(17)16-25-9-11-26(12-10-25)18(2)23(27)24-20-7-8-21-22(15-20)29-14-13-28-21/h3-8,15,18H,9-14,16H2,1-2H3,(H,24,27)/t18-/m1/s1. The highest BCUT2D eigenvalue weighted by atomic mass is 16.6. The lowest BCUT2D eigenvalue weighted by atomic mass is 10.1. The molecule has 0 radical (unpaired) electrons. The van der Waals surface area contributed by atoms with Gasteiger partial charge in [-0.1, -0.05) is 24.3 Å². The summed E-state index contributed by atoms with van der Waals surface area (Å²) >= 11 is 0. The number of carbonyl (C=O) groups excluding carboxylic acids is 1. The number of benzene rings is 2. The van der Waals surface area contributed by atoms with Crippen molar-refractivity contribution in [1.82, 2.24) is 9.80 Å². The molecule has 0 aliphatic carbocycles. The van der Waals surface area contributed by atoms with Gasteiger partial charge in [0.25, 0.3) is 0 Å². The van der Waals surface area contributed by atoms with Crippen molar-refractivity contribution < 1.29 is 14.3 Å². The van der Waals surface area contributed by atoms with Crippen LogP contribution in [0.3, 0.4) is 0 Å². The van der Waals surface area contributed by atoms with Crippen LogP contribution in [0.2, 0.25) is 0 Å². The lowest BCUT2D eigenvalue weighted by Gasteiger charge is -2.37. The molecule has 1 atom stereocenters. The lowest BCUT2D eigenvalue weighted by molar-refractivity contribution is -0.121. The van der Waals surface area contributed by atoms with Gasteiger partial charge in [-0.2, -0.15) is 0 Å². The Bertz CT molecular complexity index is 862. The molecule has 1 saturated heterocycles. The number of carbonyl (C=O) groups is 1. The zero-order valence-corrected chi connectivity index (χ0v) is 17.2. The highest BCUT2D eigenvalue weighted by molar-refractivity contribution is 5.94. The Morgan fingerprint density at radius 2 is 1.76 bits per heavy atom. The maximum absolute atomic E-state index is 12.8. The van der Waals surface area contributed by atoms with E-state index in [1.54, 1.807) is 0 Å². The molecule has 0 aromatic heterocycles. The van der Waals surface area contributed by atoms with Crippen molar-refractivity contribution in [3.63, 3.8) is 0 Å². The highest BCUT2D eigenvalue weighted by Crippen LogP contribution is 2.32. The van der Waals surface area contributed by atoms with Gasteiger partial charge < -0.3 is 14.8 Å². The lowest BCUT2D eigenvalue weighted by Crippen LogP contribution is -2.52. The van der Waals surface area contributed by atoms with Crippen molar-refractivity contribution in [2.45, 2.75) is 26.4 Å². The van der Waals surface area contributed by atoms with E-state index in [-0.39, 0.29) is 11.9 Å². The van der Waals surface area contributed by atoms with Crippen LogP contribution in [-0.2, 0) is 11.3 Å². The second kappa shape index (κ2) is 8.84. The number of rotatable bonds is 5. The number of hydrogen-bond donors (Lipinski definition) is 1. The average Bonchev–Trinajstić information content (AvgIpc) is 2.75. The van der Waals surface area contributed by atoms with Crippen molar-refractivity contribution >= 4 is 11.6 Å². The van der Waals surface area contributed by atoms with E-state index in [4.69, 9.17) is 9.47 Å². The predicted molar refractivity (Wildman–Crippen MR) is 114 cm³/mol. The number of ether oxygens (including phenoxy) is 2. The van der Waals surface area contributed by atoms with Gasteiger partial charge in [-0.15, -0.1) is 0 Å². The first-order valence-corrected chi connectivity index (χ1v) is 10.3. The molecule has 6 heteroatoms. The molecule has 2 aliphatic rings. The van der Waals surface area contributed by atoms with Gasteiger partial charge in [0.2, 0.25) is 5.91 Å². The van der Waals surface area contributed by atoms with Crippen molar-refractivity contribution in [1.29, 1.82) is 0 Å². The van der Waals surface area contributed by atoms with Crippen LogP contribution in [-0.4, -0.2) is 61.1 Å². The van der Waals surface area contributed by atoms with E-state index in [9.17, 15) is 4.79 Å². The summed E-state index contributed by atoms with van der Waals surface area (Å²) in [4.78, 5) is 17.5. The fraction of sp³-hybridized carbons (Fsp3) is 0.435. The second-order valence-corrected chi connectivity index (χ2v) is 7.76. The monoisotopic (exact) mass is 395 g/mol. The molecule has 0 saturated carbocycles.